The zero-order valence-electron chi connectivity index (χ0n) is 48.1. The van der Waals surface area contributed by atoms with Gasteiger partial charge in [0.1, 0.15) is 42.3 Å². The molecule has 9 amide bonds. The van der Waals surface area contributed by atoms with E-state index in [0.29, 0.717) is 24.1 Å². The first kappa shape index (κ1) is 70.7. The number of aliphatic carboxylic acids is 1. The summed E-state index contributed by atoms with van der Waals surface area (Å²) in [5.74, 6) is -10.3. The van der Waals surface area contributed by atoms with Gasteiger partial charge in [-0.05, 0) is 63.9 Å². The highest BCUT2D eigenvalue weighted by Crippen LogP contribution is 2.13. The van der Waals surface area contributed by atoms with E-state index in [-0.39, 0.29) is 69.6 Å². The van der Waals surface area contributed by atoms with Crippen LogP contribution < -0.4 is 71.2 Å². The van der Waals surface area contributed by atoms with E-state index in [0.717, 1.165) is 18.7 Å². The maximum atomic E-state index is 14.2. The van der Waals surface area contributed by atoms with Gasteiger partial charge in [0.15, 0.2) is 11.9 Å². The van der Waals surface area contributed by atoms with Gasteiger partial charge in [0.2, 0.25) is 53.2 Å². The molecule has 1 aromatic carbocycles. The molecule has 2 rings (SSSR count). The van der Waals surface area contributed by atoms with Crippen LogP contribution in [0, 0.1) is 11.8 Å². The molecule has 2 aromatic rings. The molecule has 462 valence electrons. The highest BCUT2D eigenvalue weighted by atomic mass is 16.4. The van der Waals surface area contributed by atoms with E-state index < -0.39 is 139 Å². The number of aliphatic imine (C=N–C) groups is 2. The summed E-state index contributed by atoms with van der Waals surface area (Å²) in [5, 5.41) is 51.1. The molecule has 0 saturated heterocycles. The number of amides is 9. The molecular weight excluding hydrogens is 1080 g/mol. The fourth-order valence-electron chi connectivity index (χ4n) is 7.99. The topological polar surface area (TPSA) is 514 Å². The highest BCUT2D eigenvalue weighted by Gasteiger charge is 2.37. The second kappa shape index (κ2) is 36.1. The lowest BCUT2D eigenvalue weighted by Gasteiger charge is -2.29. The number of carbonyl (C=O) groups is 10. The van der Waals surface area contributed by atoms with Crippen LogP contribution in [-0.2, 0) is 60.8 Å². The number of guanidine groups is 2. The lowest BCUT2D eigenvalue weighted by Crippen LogP contribution is -2.62. The quantitative estimate of drug-likeness (QED) is 0.0170. The van der Waals surface area contributed by atoms with Crippen molar-refractivity contribution in [3.8, 4) is 0 Å². The Labute approximate surface area is 481 Å². The van der Waals surface area contributed by atoms with Crippen LogP contribution in [0.2, 0.25) is 0 Å². The third-order valence-corrected chi connectivity index (χ3v) is 12.8. The highest BCUT2D eigenvalue weighted by molar-refractivity contribution is 5.98. The van der Waals surface area contributed by atoms with Gasteiger partial charge >= 0.3 is 5.97 Å². The summed E-state index contributed by atoms with van der Waals surface area (Å²) in [6, 6.07) is -2.72. The van der Waals surface area contributed by atoms with Gasteiger partial charge in [0.05, 0.1) is 37.7 Å². The predicted octanol–water partition coefficient (Wildman–Crippen LogP) is -5.46. The Hall–Kier alpha value is -8.45. The summed E-state index contributed by atoms with van der Waals surface area (Å²) in [4.78, 5) is 151. The Morgan fingerprint density at radius 1 is 0.651 bits per heavy atom. The van der Waals surface area contributed by atoms with E-state index in [9.17, 15) is 63.3 Å². The molecule has 31 heteroatoms. The molecule has 1 heterocycles. The molecule has 1 aromatic heterocycles. The number of benzene rings is 1. The van der Waals surface area contributed by atoms with E-state index in [1.165, 1.54) is 19.4 Å². The largest absolute Gasteiger partial charge is 0.480 e. The summed E-state index contributed by atoms with van der Waals surface area (Å²) in [7, 11) is 0. The number of nitrogens with two attached hydrogens (primary N) is 5. The van der Waals surface area contributed by atoms with Gasteiger partial charge in [-0.15, -0.1) is 0 Å². The van der Waals surface area contributed by atoms with E-state index in [2.05, 4.69) is 62.5 Å². The van der Waals surface area contributed by atoms with Crippen LogP contribution >= 0.6 is 0 Å². The minimum atomic E-state index is -1.85. The Bertz CT molecular complexity index is 2510. The number of carboxylic acids is 1. The average Bonchev–Trinajstić information content (AvgIpc) is 4.07. The molecule has 0 radical (unpaired) electrons. The number of rotatable bonds is 37. The number of aliphatic hydroxyl groups is 2. The van der Waals surface area contributed by atoms with Crippen LogP contribution in [-0.4, -0.2) is 195 Å². The number of hydrogen-bond donors (Lipinski definition) is 17. The SMILES string of the molecule is CCC(C)[C@H](NC(=O)CN(CCCN=C(N)N)C(=O)CNC(=O)[C@@H](NC(=O)[C@@H](NC(=O)[C@H](Cc1cnc[nH]1)NC(=O)[C@@H](Cc1ccccc1)NC(=O)[C@H](C)NC(=O)[C@@H](N)CCCN=C(N)N)[C@@H](C)O)[C@@H](C)O)C(=O)N[C@H](CC(C)C)C(=O)O. The molecule has 31 nitrogen and oxygen atoms in total. The number of aromatic amines is 1. The summed E-state index contributed by atoms with van der Waals surface area (Å²) >= 11 is 0. The van der Waals surface area contributed by atoms with E-state index in [1.54, 1.807) is 58.0 Å². The molecule has 0 fully saturated rings. The monoisotopic (exact) mass is 1170 g/mol. The predicted molar refractivity (Wildman–Crippen MR) is 304 cm³/mol. The molecule has 0 bridgehead atoms. The Morgan fingerprint density at radius 2 is 1.19 bits per heavy atom. The second-order valence-electron chi connectivity index (χ2n) is 20.5. The Balaban J connectivity index is 2.32. The van der Waals surface area contributed by atoms with Crippen molar-refractivity contribution in [2.45, 2.75) is 154 Å². The molecular formula is C52H86N18O13. The van der Waals surface area contributed by atoms with Crippen LogP contribution in [0.3, 0.4) is 0 Å². The number of nitrogens with one attached hydrogen (secondary N) is 9. The summed E-state index contributed by atoms with van der Waals surface area (Å²) in [6.07, 6.45) is 0.147. The van der Waals surface area contributed by atoms with Gasteiger partial charge in [-0.1, -0.05) is 64.4 Å². The number of aliphatic hydroxyl groups excluding tert-OH is 2. The zero-order valence-corrected chi connectivity index (χ0v) is 48.1. The fourth-order valence-corrected chi connectivity index (χ4v) is 7.99. The number of carboxylic acid groups (broad SMARTS) is 1. The molecule has 1 unspecified atom stereocenters. The van der Waals surface area contributed by atoms with Crippen LogP contribution in [0.1, 0.15) is 91.8 Å². The summed E-state index contributed by atoms with van der Waals surface area (Å²) in [5.41, 5.74) is 28.5. The molecule has 0 aliphatic carbocycles. The normalized spacial score (nSPS) is 15.0. The number of imidazole rings is 1. The van der Waals surface area contributed by atoms with Gasteiger partial charge < -0.3 is 96.4 Å². The van der Waals surface area contributed by atoms with Crippen molar-refractivity contribution < 1.29 is 63.3 Å². The lowest BCUT2D eigenvalue weighted by molar-refractivity contribution is -0.143. The summed E-state index contributed by atoms with van der Waals surface area (Å²) < 4.78 is 0. The Morgan fingerprint density at radius 3 is 1.75 bits per heavy atom. The van der Waals surface area contributed by atoms with Gasteiger partial charge in [-0.25, -0.2) is 9.78 Å². The average molecular weight is 1170 g/mol. The maximum absolute atomic E-state index is 14.2. The van der Waals surface area contributed by atoms with E-state index in [4.69, 9.17) is 28.7 Å². The van der Waals surface area contributed by atoms with Crippen LogP contribution in [0.4, 0.5) is 0 Å². The van der Waals surface area contributed by atoms with Crippen molar-refractivity contribution in [3.63, 3.8) is 0 Å². The van der Waals surface area contributed by atoms with Crippen molar-refractivity contribution in [2.75, 3.05) is 32.7 Å². The minimum Gasteiger partial charge on any atom is -0.480 e. The number of nitrogens with zero attached hydrogens (tertiary/aromatic N) is 4. The first-order valence-corrected chi connectivity index (χ1v) is 27.2. The maximum Gasteiger partial charge on any atom is 0.326 e. The number of carbonyl (C=O) groups excluding carboxylic acids is 9. The van der Waals surface area contributed by atoms with Crippen LogP contribution in [0.15, 0.2) is 52.8 Å². The first-order chi connectivity index (χ1) is 39.0. The van der Waals surface area contributed by atoms with Gasteiger partial charge in [0, 0.05) is 44.4 Å². The van der Waals surface area contributed by atoms with Crippen molar-refractivity contribution in [1.29, 1.82) is 0 Å². The third-order valence-electron chi connectivity index (χ3n) is 12.8. The van der Waals surface area contributed by atoms with Gasteiger partial charge in [0.25, 0.3) is 0 Å². The number of hydrogen-bond acceptors (Lipinski definition) is 16. The second-order valence-corrected chi connectivity index (χ2v) is 20.5. The minimum absolute atomic E-state index is 0.0225. The smallest absolute Gasteiger partial charge is 0.326 e. The summed E-state index contributed by atoms with van der Waals surface area (Å²) in [6.45, 7) is 9.30. The molecule has 0 aliphatic rings. The van der Waals surface area contributed by atoms with Gasteiger partial charge in [-0.2, -0.15) is 0 Å². The van der Waals surface area contributed by atoms with Crippen LogP contribution in [0.25, 0.3) is 0 Å². The lowest BCUT2D eigenvalue weighted by atomic mass is 9.97. The molecule has 0 aliphatic heterocycles. The number of aromatic nitrogens is 2. The van der Waals surface area contributed by atoms with E-state index in [1.807, 2.05) is 0 Å². The molecule has 0 spiro atoms. The molecule has 22 N–H and O–H groups in total. The van der Waals surface area contributed by atoms with Crippen molar-refractivity contribution >= 4 is 71.1 Å². The van der Waals surface area contributed by atoms with Crippen molar-refractivity contribution in [2.24, 2.45) is 50.5 Å². The Kier molecular flexibility index (Phi) is 30.7. The first-order valence-electron chi connectivity index (χ1n) is 27.2. The fraction of sp³-hybridized carbons (Fsp3) is 0.596. The van der Waals surface area contributed by atoms with Crippen LogP contribution in [0.5, 0.6) is 0 Å². The number of H-pyrrole nitrogens is 1. The van der Waals surface area contributed by atoms with Gasteiger partial charge in [-0.3, -0.25) is 53.1 Å². The van der Waals surface area contributed by atoms with E-state index >= 15 is 0 Å². The molecule has 0 saturated carbocycles. The standard InChI is InChI=1S/C52H86N18O13/c1-8-28(4)40(48(80)66-37(50(82)83)20-27(2)3)67-38(73)25-70(19-13-18-60-52(56)57)39(74)24-61-47(79)41(30(6)71)69-49(81)42(31(7)72)68-46(78)36(22-33-23-58-26-62-33)65-45(77)35(21-32-14-10-9-11-15-32)64-43(75)29(5)63-44(76)34(53)16-12-17-59-51(54)55/h9-11,14-15,23,26-31,34-37,40-42,71-72H,8,12-13,16-22,24-25,53H2,1-7H3,(H,58,62)(H,61,79)(H,63,76)(H,64,75)(H,65,77)(H,66,80)(H,67,73)(H,68,78)(H,69,81)(H,82,83)(H4,54,55,59)(H4,56,57,60)/t28?,29-,30+,31+,34-,35+,36-,37+,40-,41-,42-/m0/s1. The molecule has 83 heavy (non-hydrogen) atoms. The van der Waals surface area contributed by atoms with Crippen molar-refractivity contribution in [1.82, 2.24) is 57.4 Å². The zero-order chi connectivity index (χ0) is 62.5. The molecule has 11 atom stereocenters. The van der Waals surface area contributed by atoms with Crippen molar-refractivity contribution in [3.05, 3.63) is 54.1 Å². The third kappa shape index (κ3) is 26.3.